The van der Waals surface area contributed by atoms with Gasteiger partial charge in [0.05, 0.1) is 33.1 Å². The Labute approximate surface area is 101 Å². The van der Waals surface area contributed by atoms with Crippen molar-refractivity contribution in [3.05, 3.63) is 24.0 Å². The molecule has 0 aliphatic heterocycles. The first kappa shape index (κ1) is 13.6. The molecule has 0 spiro atoms. The van der Waals surface area contributed by atoms with Crippen LogP contribution in [0.15, 0.2) is 18.5 Å². The fraction of sp³-hybridized carbons (Fsp3) is 0.500. The topological polar surface area (TPSA) is 57.7 Å². The van der Waals surface area contributed by atoms with Crippen LogP contribution in [0, 0.1) is 0 Å². The lowest BCUT2D eigenvalue weighted by atomic mass is 10.1. The molecule has 1 aromatic heterocycles. The number of hydrogen-bond acceptors (Lipinski definition) is 5. The Morgan fingerprint density at radius 1 is 1.24 bits per heavy atom. The van der Waals surface area contributed by atoms with Crippen molar-refractivity contribution in [2.24, 2.45) is 0 Å². The third-order valence-corrected chi connectivity index (χ3v) is 2.18. The maximum atomic E-state index is 11.7. The largest absolute Gasteiger partial charge is 0.495 e. The Kier molecular flexibility index (Phi) is 6.21. The number of methoxy groups -OCH3 is 2. The summed E-state index contributed by atoms with van der Waals surface area (Å²) in [4.78, 5) is 15.7. The van der Waals surface area contributed by atoms with E-state index in [1.165, 1.54) is 6.20 Å². The van der Waals surface area contributed by atoms with E-state index >= 15 is 0 Å². The zero-order chi connectivity index (χ0) is 12.5. The van der Waals surface area contributed by atoms with Crippen molar-refractivity contribution in [2.45, 2.75) is 6.42 Å². The van der Waals surface area contributed by atoms with Gasteiger partial charge in [0.25, 0.3) is 0 Å². The molecule has 1 aromatic rings. The molecule has 0 radical (unpaired) electrons. The zero-order valence-corrected chi connectivity index (χ0v) is 10.1. The molecular weight excluding hydrogens is 222 g/mol. The monoisotopic (exact) mass is 239 g/mol. The van der Waals surface area contributed by atoms with Gasteiger partial charge in [-0.15, -0.1) is 0 Å². The van der Waals surface area contributed by atoms with Gasteiger partial charge in [0.1, 0.15) is 5.75 Å². The molecule has 94 valence electrons. The van der Waals surface area contributed by atoms with Crippen LogP contribution in [0.25, 0.3) is 0 Å². The van der Waals surface area contributed by atoms with Crippen LogP contribution >= 0.6 is 0 Å². The number of ether oxygens (including phenoxy) is 3. The number of Topliss-reactive ketones (excluding diaryl/α,β-unsaturated/α-hetero) is 1. The Balaban J connectivity index is 2.36. The SMILES string of the molecule is COCCOCCC(=O)c1cncc(OC)c1. The predicted molar refractivity (Wildman–Crippen MR) is 62.4 cm³/mol. The van der Waals surface area contributed by atoms with E-state index in [9.17, 15) is 4.79 Å². The summed E-state index contributed by atoms with van der Waals surface area (Å²) in [6, 6.07) is 1.67. The van der Waals surface area contributed by atoms with Gasteiger partial charge in [0.15, 0.2) is 5.78 Å². The average Bonchev–Trinajstić information content (AvgIpc) is 2.38. The predicted octanol–water partition coefficient (Wildman–Crippen LogP) is 1.33. The molecule has 0 aromatic carbocycles. The number of nitrogens with zero attached hydrogens (tertiary/aromatic N) is 1. The van der Waals surface area contributed by atoms with E-state index in [0.717, 1.165) is 0 Å². The number of rotatable bonds is 8. The van der Waals surface area contributed by atoms with E-state index in [2.05, 4.69) is 4.98 Å². The second-order valence-electron chi connectivity index (χ2n) is 3.39. The summed E-state index contributed by atoms with van der Waals surface area (Å²) in [5.74, 6) is 0.574. The van der Waals surface area contributed by atoms with Gasteiger partial charge in [-0.25, -0.2) is 0 Å². The fourth-order valence-corrected chi connectivity index (χ4v) is 1.24. The molecule has 0 saturated heterocycles. The molecule has 0 aliphatic carbocycles. The van der Waals surface area contributed by atoms with Crippen molar-refractivity contribution in [2.75, 3.05) is 34.0 Å². The van der Waals surface area contributed by atoms with Gasteiger partial charge >= 0.3 is 0 Å². The van der Waals surface area contributed by atoms with Gasteiger partial charge in [-0.05, 0) is 6.07 Å². The minimum Gasteiger partial charge on any atom is -0.495 e. The maximum absolute atomic E-state index is 11.7. The van der Waals surface area contributed by atoms with Crippen molar-refractivity contribution >= 4 is 5.78 Å². The zero-order valence-electron chi connectivity index (χ0n) is 10.1. The first-order valence-corrected chi connectivity index (χ1v) is 5.37. The molecule has 0 N–H and O–H groups in total. The minimum absolute atomic E-state index is 0.00573. The lowest BCUT2D eigenvalue weighted by molar-refractivity contribution is 0.0641. The molecule has 17 heavy (non-hydrogen) atoms. The van der Waals surface area contributed by atoms with Crippen LogP contribution in [0.2, 0.25) is 0 Å². The lowest BCUT2D eigenvalue weighted by Crippen LogP contribution is -2.08. The van der Waals surface area contributed by atoms with Gasteiger partial charge in [-0.1, -0.05) is 0 Å². The van der Waals surface area contributed by atoms with E-state index in [1.54, 1.807) is 26.5 Å². The van der Waals surface area contributed by atoms with Crippen molar-refractivity contribution in [3.63, 3.8) is 0 Å². The second-order valence-corrected chi connectivity index (χ2v) is 3.39. The minimum atomic E-state index is -0.00573. The highest BCUT2D eigenvalue weighted by Gasteiger charge is 2.07. The van der Waals surface area contributed by atoms with Crippen LogP contribution in [0.4, 0.5) is 0 Å². The second kappa shape index (κ2) is 7.76. The van der Waals surface area contributed by atoms with E-state index in [4.69, 9.17) is 14.2 Å². The molecule has 0 amide bonds. The number of ketones is 1. The molecule has 1 heterocycles. The van der Waals surface area contributed by atoms with Gasteiger partial charge in [0.2, 0.25) is 0 Å². The molecule has 0 unspecified atom stereocenters. The van der Waals surface area contributed by atoms with Crippen LogP contribution < -0.4 is 4.74 Å². The van der Waals surface area contributed by atoms with Crippen LogP contribution in [0.1, 0.15) is 16.8 Å². The quantitative estimate of drug-likeness (QED) is 0.506. The molecular formula is C12H17NO4. The van der Waals surface area contributed by atoms with Gasteiger partial charge in [-0.3, -0.25) is 9.78 Å². The summed E-state index contributed by atoms with van der Waals surface area (Å²) in [5, 5.41) is 0. The van der Waals surface area contributed by atoms with Crippen molar-refractivity contribution in [3.8, 4) is 5.75 Å². The van der Waals surface area contributed by atoms with E-state index in [1.807, 2.05) is 0 Å². The summed E-state index contributed by atoms with van der Waals surface area (Å²) >= 11 is 0. The first-order chi connectivity index (χ1) is 8.27. The lowest BCUT2D eigenvalue weighted by Gasteiger charge is -2.04. The summed E-state index contributed by atoms with van der Waals surface area (Å²) in [6.45, 7) is 1.43. The number of pyridine rings is 1. The van der Waals surface area contributed by atoms with Gasteiger partial charge in [0, 0.05) is 25.3 Å². The first-order valence-electron chi connectivity index (χ1n) is 5.37. The summed E-state index contributed by atoms with van der Waals surface area (Å²) in [5.41, 5.74) is 0.541. The Morgan fingerprint density at radius 2 is 2.06 bits per heavy atom. The number of aromatic nitrogens is 1. The summed E-state index contributed by atoms with van der Waals surface area (Å²) in [7, 11) is 3.15. The van der Waals surface area contributed by atoms with Gasteiger partial charge in [-0.2, -0.15) is 0 Å². The number of carbonyl (C=O) groups excluding carboxylic acids is 1. The highest BCUT2D eigenvalue weighted by molar-refractivity contribution is 5.96. The Hall–Kier alpha value is -1.46. The van der Waals surface area contributed by atoms with Crippen molar-refractivity contribution < 1.29 is 19.0 Å². The summed E-state index contributed by atoms with van der Waals surface area (Å²) in [6.07, 6.45) is 3.42. The van der Waals surface area contributed by atoms with Gasteiger partial charge < -0.3 is 14.2 Å². The summed E-state index contributed by atoms with van der Waals surface area (Å²) < 4.78 is 15.1. The van der Waals surface area contributed by atoms with E-state index in [0.29, 0.717) is 37.6 Å². The molecule has 0 aliphatic rings. The molecule has 5 heteroatoms. The third-order valence-electron chi connectivity index (χ3n) is 2.18. The van der Waals surface area contributed by atoms with Crippen LogP contribution in [-0.2, 0) is 9.47 Å². The molecule has 0 fully saturated rings. The van der Waals surface area contributed by atoms with Crippen LogP contribution in [-0.4, -0.2) is 44.8 Å². The number of carbonyl (C=O) groups is 1. The normalized spacial score (nSPS) is 10.2. The number of hydrogen-bond donors (Lipinski definition) is 0. The standard InChI is InChI=1S/C12H17NO4/c1-15-5-6-17-4-3-12(14)10-7-11(16-2)9-13-8-10/h7-9H,3-6H2,1-2H3. The molecule has 0 saturated carbocycles. The molecule has 1 rings (SSSR count). The Bertz CT molecular complexity index is 354. The van der Waals surface area contributed by atoms with Crippen LogP contribution in [0.5, 0.6) is 5.75 Å². The van der Waals surface area contributed by atoms with Crippen LogP contribution in [0.3, 0.4) is 0 Å². The average molecular weight is 239 g/mol. The van der Waals surface area contributed by atoms with E-state index in [-0.39, 0.29) is 5.78 Å². The molecule has 0 bridgehead atoms. The molecule has 0 atom stereocenters. The molecule has 5 nitrogen and oxygen atoms in total. The van der Waals surface area contributed by atoms with E-state index < -0.39 is 0 Å². The smallest absolute Gasteiger partial charge is 0.166 e. The Morgan fingerprint density at radius 3 is 2.76 bits per heavy atom. The highest BCUT2D eigenvalue weighted by atomic mass is 16.5. The maximum Gasteiger partial charge on any atom is 0.166 e. The highest BCUT2D eigenvalue weighted by Crippen LogP contribution is 2.11. The van der Waals surface area contributed by atoms with Crippen molar-refractivity contribution in [1.82, 2.24) is 4.98 Å². The third kappa shape index (κ3) is 4.93. The fourth-order valence-electron chi connectivity index (χ4n) is 1.24. The van der Waals surface area contributed by atoms with Crippen molar-refractivity contribution in [1.29, 1.82) is 0 Å².